The summed E-state index contributed by atoms with van der Waals surface area (Å²) < 4.78 is 6.36. The molecular weight excluding hydrogens is 210 g/mol. The van der Waals surface area contributed by atoms with E-state index in [0.717, 1.165) is 6.54 Å². The van der Waals surface area contributed by atoms with E-state index in [-0.39, 0.29) is 0 Å². The van der Waals surface area contributed by atoms with E-state index >= 15 is 0 Å². The van der Waals surface area contributed by atoms with E-state index in [9.17, 15) is 0 Å². The van der Waals surface area contributed by atoms with Crippen LogP contribution >= 0.6 is 0 Å². The highest BCUT2D eigenvalue weighted by molar-refractivity contribution is 4.93. The normalized spacial score (nSPS) is 34.1. The van der Waals surface area contributed by atoms with Gasteiger partial charge in [-0.25, -0.2) is 0 Å². The molecule has 1 atom stereocenters. The van der Waals surface area contributed by atoms with Gasteiger partial charge < -0.3 is 10.1 Å². The van der Waals surface area contributed by atoms with Crippen molar-refractivity contribution in [2.45, 2.75) is 76.4 Å². The second kappa shape index (κ2) is 4.55. The first-order valence-electron chi connectivity index (χ1n) is 7.58. The van der Waals surface area contributed by atoms with Gasteiger partial charge in [-0.05, 0) is 43.9 Å². The molecular formula is C15H27NO. The van der Waals surface area contributed by atoms with Gasteiger partial charge >= 0.3 is 0 Å². The van der Waals surface area contributed by atoms with E-state index in [1.54, 1.807) is 0 Å². The van der Waals surface area contributed by atoms with Crippen LogP contribution < -0.4 is 5.32 Å². The molecule has 3 aliphatic rings. The summed E-state index contributed by atoms with van der Waals surface area (Å²) in [4.78, 5) is 0. The van der Waals surface area contributed by atoms with Gasteiger partial charge in [-0.2, -0.15) is 0 Å². The van der Waals surface area contributed by atoms with Gasteiger partial charge in [-0.15, -0.1) is 0 Å². The van der Waals surface area contributed by atoms with Crippen LogP contribution in [0.1, 0.15) is 64.7 Å². The minimum atomic E-state index is 0.300. The monoisotopic (exact) mass is 237 g/mol. The third-order valence-corrected chi connectivity index (χ3v) is 5.13. The molecule has 98 valence electrons. The van der Waals surface area contributed by atoms with Crippen molar-refractivity contribution in [3.05, 3.63) is 0 Å². The van der Waals surface area contributed by atoms with Crippen molar-refractivity contribution in [1.29, 1.82) is 0 Å². The summed E-state index contributed by atoms with van der Waals surface area (Å²) in [7, 11) is 0. The van der Waals surface area contributed by atoms with E-state index < -0.39 is 0 Å². The molecule has 0 amide bonds. The van der Waals surface area contributed by atoms with Crippen LogP contribution in [-0.4, -0.2) is 24.8 Å². The predicted octanol–water partition coefficient (Wildman–Crippen LogP) is 3.26. The van der Waals surface area contributed by atoms with Gasteiger partial charge in [0.1, 0.15) is 0 Å². The molecule has 0 radical (unpaired) electrons. The van der Waals surface area contributed by atoms with Crippen LogP contribution in [0.4, 0.5) is 0 Å². The molecule has 0 aromatic carbocycles. The van der Waals surface area contributed by atoms with E-state index in [2.05, 4.69) is 12.2 Å². The Kier molecular flexibility index (Phi) is 3.20. The Morgan fingerprint density at radius 1 is 1.06 bits per heavy atom. The molecule has 1 N–H and O–H groups in total. The maximum Gasteiger partial charge on any atom is 0.0708 e. The van der Waals surface area contributed by atoms with Gasteiger partial charge in [0.25, 0.3) is 0 Å². The largest absolute Gasteiger partial charge is 0.370 e. The maximum absolute atomic E-state index is 6.36. The number of hydrogen-bond acceptors (Lipinski definition) is 2. The average molecular weight is 237 g/mol. The summed E-state index contributed by atoms with van der Waals surface area (Å²) in [6, 6.07) is 0. The first kappa shape index (κ1) is 12.0. The van der Waals surface area contributed by atoms with Gasteiger partial charge in [0, 0.05) is 13.1 Å². The fourth-order valence-electron chi connectivity index (χ4n) is 3.53. The van der Waals surface area contributed by atoms with Crippen LogP contribution in [0.15, 0.2) is 0 Å². The lowest BCUT2D eigenvalue weighted by atomic mass is 9.83. The van der Waals surface area contributed by atoms with Gasteiger partial charge in [-0.1, -0.05) is 26.2 Å². The maximum atomic E-state index is 6.36. The Hall–Kier alpha value is -0.0800. The molecule has 3 fully saturated rings. The average Bonchev–Trinajstić information content (AvgIpc) is 2.94. The van der Waals surface area contributed by atoms with Gasteiger partial charge in [-0.3, -0.25) is 0 Å². The van der Waals surface area contributed by atoms with Crippen LogP contribution in [-0.2, 0) is 4.74 Å². The number of rotatable bonds is 4. The fraction of sp³-hybridized carbons (Fsp3) is 1.00. The fourth-order valence-corrected chi connectivity index (χ4v) is 3.53. The van der Waals surface area contributed by atoms with E-state index in [1.165, 1.54) is 64.3 Å². The molecule has 1 saturated heterocycles. The van der Waals surface area contributed by atoms with Crippen molar-refractivity contribution >= 4 is 0 Å². The van der Waals surface area contributed by atoms with Crippen molar-refractivity contribution in [2.24, 2.45) is 5.41 Å². The predicted molar refractivity (Wildman–Crippen MR) is 70.1 cm³/mol. The molecule has 3 rings (SSSR count). The lowest BCUT2D eigenvalue weighted by molar-refractivity contribution is -0.0624. The Labute approximate surface area is 105 Å². The van der Waals surface area contributed by atoms with Crippen molar-refractivity contribution < 1.29 is 4.74 Å². The zero-order valence-electron chi connectivity index (χ0n) is 11.3. The molecule has 2 heteroatoms. The van der Waals surface area contributed by atoms with E-state index in [1.807, 2.05) is 0 Å². The van der Waals surface area contributed by atoms with Gasteiger partial charge in [0.15, 0.2) is 0 Å². The van der Waals surface area contributed by atoms with Crippen LogP contribution in [0, 0.1) is 5.41 Å². The number of ether oxygens (including phenoxy) is 1. The van der Waals surface area contributed by atoms with Crippen LogP contribution in [0.3, 0.4) is 0 Å². The lowest BCUT2D eigenvalue weighted by Crippen LogP contribution is -2.35. The molecule has 1 heterocycles. The zero-order chi connectivity index (χ0) is 11.8. The Bertz CT molecular complexity index is 266. The number of hydrogen-bond donors (Lipinski definition) is 1. The summed E-state index contributed by atoms with van der Waals surface area (Å²) in [5.41, 5.74) is 0.926. The number of nitrogens with one attached hydrogen (secondary N) is 1. The first-order valence-corrected chi connectivity index (χ1v) is 7.58. The molecule has 0 bridgehead atoms. The Balaban J connectivity index is 1.40. The van der Waals surface area contributed by atoms with Crippen molar-refractivity contribution in [1.82, 2.24) is 5.32 Å². The summed E-state index contributed by atoms with van der Waals surface area (Å²) in [5.74, 6) is 0. The lowest BCUT2D eigenvalue weighted by Gasteiger charge is -2.33. The van der Waals surface area contributed by atoms with Gasteiger partial charge in [0.2, 0.25) is 0 Å². The third kappa shape index (κ3) is 2.85. The Morgan fingerprint density at radius 3 is 2.53 bits per heavy atom. The van der Waals surface area contributed by atoms with Crippen LogP contribution in [0.2, 0.25) is 0 Å². The second-order valence-corrected chi connectivity index (χ2v) is 6.96. The van der Waals surface area contributed by atoms with Crippen molar-refractivity contribution in [3.8, 4) is 0 Å². The highest BCUT2D eigenvalue weighted by atomic mass is 16.5. The molecule has 2 aliphatic carbocycles. The van der Waals surface area contributed by atoms with Crippen LogP contribution in [0.25, 0.3) is 0 Å². The quantitative estimate of drug-likeness (QED) is 0.810. The van der Waals surface area contributed by atoms with Crippen molar-refractivity contribution in [2.75, 3.05) is 13.1 Å². The zero-order valence-corrected chi connectivity index (χ0v) is 11.3. The summed E-state index contributed by atoms with van der Waals surface area (Å²) in [5, 5.41) is 3.63. The first-order chi connectivity index (χ1) is 8.20. The molecule has 1 aliphatic heterocycles. The highest BCUT2D eigenvalue weighted by Crippen LogP contribution is 2.44. The second-order valence-electron chi connectivity index (χ2n) is 6.96. The minimum Gasteiger partial charge on any atom is -0.370 e. The standard InChI is InChI=1S/C15H27NO/c1-14(9-10-14)12-16-11-13-5-8-15(17-13)6-3-2-4-7-15/h13,16H,2-12H2,1H3. The molecule has 2 saturated carbocycles. The van der Waals surface area contributed by atoms with Crippen molar-refractivity contribution in [3.63, 3.8) is 0 Å². The van der Waals surface area contributed by atoms with Gasteiger partial charge in [0.05, 0.1) is 11.7 Å². The molecule has 17 heavy (non-hydrogen) atoms. The van der Waals surface area contributed by atoms with E-state index in [4.69, 9.17) is 4.74 Å². The molecule has 1 spiro atoms. The topological polar surface area (TPSA) is 21.3 Å². The molecule has 2 nitrogen and oxygen atoms in total. The smallest absolute Gasteiger partial charge is 0.0708 e. The third-order valence-electron chi connectivity index (χ3n) is 5.13. The summed E-state index contributed by atoms with van der Waals surface area (Å²) in [6.45, 7) is 4.66. The van der Waals surface area contributed by atoms with E-state index in [0.29, 0.717) is 17.1 Å². The summed E-state index contributed by atoms with van der Waals surface area (Å²) >= 11 is 0. The molecule has 0 aromatic rings. The SMILES string of the molecule is CC1(CNCC2CCC3(CCCCC3)O2)CC1. The Morgan fingerprint density at radius 2 is 1.82 bits per heavy atom. The minimum absolute atomic E-state index is 0.300. The summed E-state index contributed by atoms with van der Waals surface area (Å²) in [6.07, 6.45) is 12.8. The molecule has 1 unspecified atom stereocenters. The molecule has 0 aromatic heterocycles. The van der Waals surface area contributed by atoms with Crippen LogP contribution in [0.5, 0.6) is 0 Å². The highest BCUT2D eigenvalue weighted by Gasteiger charge is 2.41.